The van der Waals surface area contributed by atoms with Crippen molar-refractivity contribution in [3.05, 3.63) is 61.1 Å². The van der Waals surface area contributed by atoms with Gasteiger partial charge >= 0.3 is 0 Å². The van der Waals surface area contributed by atoms with Crippen molar-refractivity contribution < 1.29 is 0 Å². The number of benzene rings is 1. The van der Waals surface area contributed by atoms with Crippen molar-refractivity contribution in [3.63, 3.8) is 0 Å². The number of halogens is 1. The first-order valence-electron chi connectivity index (χ1n) is 6.92. The van der Waals surface area contributed by atoms with Gasteiger partial charge in [0.05, 0.1) is 17.7 Å². The predicted octanol–water partition coefficient (Wildman–Crippen LogP) is 3.62. The molecule has 0 bridgehead atoms. The van der Waals surface area contributed by atoms with Gasteiger partial charge in [-0.2, -0.15) is 5.10 Å². The van der Waals surface area contributed by atoms with E-state index in [2.05, 4.69) is 37.4 Å². The van der Waals surface area contributed by atoms with Gasteiger partial charge in [-0.1, -0.05) is 18.2 Å². The van der Waals surface area contributed by atoms with Crippen molar-refractivity contribution >= 4 is 38.0 Å². The minimum absolute atomic E-state index is 0.0413. The third kappa shape index (κ3) is 3.14. The highest BCUT2D eigenvalue weighted by Gasteiger charge is 2.10. The van der Waals surface area contributed by atoms with Crippen molar-refractivity contribution in [2.75, 3.05) is 7.05 Å². The number of hydrogen-bond acceptors (Lipinski definition) is 4. The Morgan fingerprint density at radius 2 is 2.05 bits per heavy atom. The second-order valence-corrected chi connectivity index (χ2v) is 7.23. The van der Waals surface area contributed by atoms with Crippen molar-refractivity contribution in [1.29, 1.82) is 0 Å². The molecule has 0 aliphatic rings. The Morgan fingerprint density at radius 3 is 2.73 bits per heavy atom. The summed E-state index contributed by atoms with van der Waals surface area (Å²) in [6.45, 7) is 3.20. The van der Waals surface area contributed by atoms with Gasteiger partial charge in [0, 0.05) is 26.7 Å². The summed E-state index contributed by atoms with van der Waals surface area (Å²) in [6.07, 6.45) is 0. The molecule has 0 saturated heterocycles. The smallest absolute Gasteiger partial charge is 0.275 e. The fourth-order valence-electron chi connectivity index (χ4n) is 2.48. The molecule has 6 heteroatoms. The maximum Gasteiger partial charge on any atom is 0.275 e. The van der Waals surface area contributed by atoms with Crippen LogP contribution in [-0.2, 0) is 13.2 Å². The molecule has 0 N–H and O–H groups in total. The average molecular weight is 378 g/mol. The van der Waals surface area contributed by atoms with Crippen LogP contribution in [0, 0.1) is 6.92 Å². The van der Waals surface area contributed by atoms with E-state index in [1.165, 1.54) is 4.88 Å². The molecule has 1 aromatic carbocycles. The molecule has 0 unspecified atom stereocenters. The van der Waals surface area contributed by atoms with Gasteiger partial charge in [0.25, 0.3) is 5.56 Å². The van der Waals surface area contributed by atoms with Crippen LogP contribution < -0.4 is 5.56 Å². The van der Waals surface area contributed by atoms with E-state index >= 15 is 0 Å². The standard InChI is InChI=1S/C16H16BrN3OS/c1-11-14-5-3-4-6-15(14)16(21)20(18-11)10-19(2)8-13-7-12(17)9-22-13/h3-7,9H,8,10H2,1-2H3. The van der Waals surface area contributed by atoms with Crippen molar-refractivity contribution in [2.24, 2.45) is 0 Å². The van der Waals surface area contributed by atoms with Crippen LogP contribution in [0.3, 0.4) is 0 Å². The topological polar surface area (TPSA) is 38.1 Å². The molecular weight excluding hydrogens is 362 g/mol. The maximum atomic E-state index is 12.5. The van der Waals surface area contributed by atoms with E-state index in [4.69, 9.17) is 0 Å². The van der Waals surface area contributed by atoms with E-state index in [-0.39, 0.29) is 5.56 Å². The number of fused-ring (bicyclic) bond motifs is 1. The third-order valence-electron chi connectivity index (χ3n) is 3.48. The van der Waals surface area contributed by atoms with Crippen LogP contribution in [0.25, 0.3) is 10.8 Å². The molecule has 0 atom stereocenters. The molecule has 3 aromatic rings. The highest BCUT2D eigenvalue weighted by atomic mass is 79.9. The summed E-state index contributed by atoms with van der Waals surface area (Å²) in [5.41, 5.74) is 0.836. The first kappa shape index (κ1) is 15.4. The molecule has 2 aromatic heterocycles. The average Bonchev–Trinajstić information content (AvgIpc) is 2.89. The lowest BCUT2D eigenvalue weighted by molar-refractivity contribution is 0.242. The van der Waals surface area contributed by atoms with Crippen LogP contribution in [0.5, 0.6) is 0 Å². The Hall–Kier alpha value is -1.50. The van der Waals surface area contributed by atoms with Crippen LogP contribution in [0.1, 0.15) is 10.6 Å². The SMILES string of the molecule is Cc1nn(CN(C)Cc2cc(Br)cs2)c(=O)c2ccccc12. The van der Waals surface area contributed by atoms with Crippen molar-refractivity contribution in [2.45, 2.75) is 20.1 Å². The minimum atomic E-state index is -0.0413. The van der Waals surface area contributed by atoms with E-state index in [1.54, 1.807) is 16.0 Å². The number of hydrogen-bond donors (Lipinski definition) is 0. The van der Waals surface area contributed by atoms with Gasteiger partial charge in [0.2, 0.25) is 0 Å². The van der Waals surface area contributed by atoms with Crippen LogP contribution in [0.15, 0.2) is 45.0 Å². The molecule has 0 aliphatic heterocycles. The summed E-state index contributed by atoms with van der Waals surface area (Å²) in [5.74, 6) is 0. The summed E-state index contributed by atoms with van der Waals surface area (Å²) in [6, 6.07) is 9.72. The summed E-state index contributed by atoms with van der Waals surface area (Å²) in [5, 5.41) is 8.16. The van der Waals surface area contributed by atoms with E-state index in [9.17, 15) is 4.79 Å². The molecule has 22 heavy (non-hydrogen) atoms. The van der Waals surface area contributed by atoms with E-state index in [1.807, 2.05) is 38.2 Å². The zero-order valence-electron chi connectivity index (χ0n) is 12.4. The lowest BCUT2D eigenvalue weighted by Gasteiger charge is -2.17. The molecule has 0 spiro atoms. The lowest BCUT2D eigenvalue weighted by Crippen LogP contribution is -2.31. The summed E-state index contributed by atoms with van der Waals surface area (Å²) in [4.78, 5) is 15.9. The van der Waals surface area contributed by atoms with E-state index in [0.29, 0.717) is 6.67 Å². The van der Waals surface area contributed by atoms with E-state index < -0.39 is 0 Å². The monoisotopic (exact) mass is 377 g/mol. The Balaban J connectivity index is 1.87. The molecule has 0 saturated carbocycles. The summed E-state index contributed by atoms with van der Waals surface area (Å²) in [7, 11) is 1.99. The van der Waals surface area contributed by atoms with Crippen molar-refractivity contribution in [3.8, 4) is 0 Å². The van der Waals surface area contributed by atoms with Crippen LogP contribution >= 0.6 is 27.3 Å². The Labute approximate surface area is 141 Å². The molecule has 0 amide bonds. The molecule has 114 valence electrons. The van der Waals surface area contributed by atoms with Gasteiger partial charge in [0.1, 0.15) is 0 Å². The van der Waals surface area contributed by atoms with Gasteiger partial charge in [-0.25, -0.2) is 4.68 Å². The molecule has 2 heterocycles. The maximum absolute atomic E-state index is 12.5. The molecular formula is C16H16BrN3OS. The number of nitrogens with zero attached hydrogens (tertiary/aromatic N) is 3. The largest absolute Gasteiger partial charge is 0.282 e. The highest BCUT2D eigenvalue weighted by Crippen LogP contribution is 2.21. The fourth-order valence-corrected chi connectivity index (χ4v) is 4.01. The third-order valence-corrected chi connectivity index (χ3v) is 5.16. The first-order chi connectivity index (χ1) is 10.5. The second-order valence-electron chi connectivity index (χ2n) is 5.32. The number of aromatic nitrogens is 2. The Bertz CT molecular complexity index is 871. The lowest BCUT2D eigenvalue weighted by atomic mass is 10.1. The zero-order valence-corrected chi connectivity index (χ0v) is 14.8. The second kappa shape index (κ2) is 6.32. The van der Waals surface area contributed by atoms with Crippen LogP contribution in [0.2, 0.25) is 0 Å². The Kier molecular flexibility index (Phi) is 4.42. The van der Waals surface area contributed by atoms with Crippen LogP contribution in [0.4, 0.5) is 0 Å². The van der Waals surface area contributed by atoms with Gasteiger partial charge < -0.3 is 0 Å². The predicted molar refractivity (Wildman–Crippen MR) is 94.2 cm³/mol. The number of thiophene rings is 1. The number of rotatable bonds is 4. The molecule has 3 rings (SSSR count). The summed E-state index contributed by atoms with van der Waals surface area (Å²) >= 11 is 5.16. The first-order valence-corrected chi connectivity index (χ1v) is 8.60. The zero-order chi connectivity index (χ0) is 15.7. The Morgan fingerprint density at radius 1 is 1.32 bits per heavy atom. The normalized spacial score (nSPS) is 11.5. The molecule has 0 aliphatic carbocycles. The van der Waals surface area contributed by atoms with Gasteiger partial charge in [-0.15, -0.1) is 11.3 Å². The summed E-state index contributed by atoms with van der Waals surface area (Å²) < 4.78 is 2.64. The molecule has 4 nitrogen and oxygen atoms in total. The van der Waals surface area contributed by atoms with Gasteiger partial charge in [-0.05, 0) is 42.0 Å². The quantitative estimate of drug-likeness (QED) is 0.696. The molecule has 0 radical (unpaired) electrons. The minimum Gasteiger partial charge on any atom is -0.282 e. The van der Waals surface area contributed by atoms with E-state index in [0.717, 1.165) is 27.5 Å². The highest BCUT2D eigenvalue weighted by molar-refractivity contribution is 9.10. The van der Waals surface area contributed by atoms with Crippen LogP contribution in [-0.4, -0.2) is 21.7 Å². The van der Waals surface area contributed by atoms with Crippen molar-refractivity contribution in [1.82, 2.24) is 14.7 Å². The number of aryl methyl sites for hydroxylation is 1. The molecule has 0 fully saturated rings. The van der Waals surface area contributed by atoms with Gasteiger partial charge in [0.15, 0.2) is 0 Å². The fraction of sp³-hybridized carbons (Fsp3) is 0.250. The van der Waals surface area contributed by atoms with Gasteiger partial charge in [-0.3, -0.25) is 9.69 Å².